The lowest BCUT2D eigenvalue weighted by molar-refractivity contribution is -0.164. The van der Waals surface area contributed by atoms with E-state index in [9.17, 15) is 24.6 Å². The first kappa shape index (κ1) is 32.7. The highest BCUT2D eigenvalue weighted by Gasteiger charge is 2.54. The number of carbonyl (C=O) groups excluding carboxylic acids is 2. The highest BCUT2D eigenvalue weighted by molar-refractivity contribution is 6.00. The number of piperazine rings is 1. The molecular weight excluding hydrogens is 594 g/mol. The lowest BCUT2D eigenvalue weighted by Crippen LogP contribution is -2.73. The van der Waals surface area contributed by atoms with Gasteiger partial charge < -0.3 is 25.2 Å². The van der Waals surface area contributed by atoms with E-state index < -0.39 is 23.2 Å². The van der Waals surface area contributed by atoms with Crippen LogP contribution in [0.25, 0.3) is 0 Å². The Labute approximate surface area is 276 Å². The number of hydrogen-bond donors (Lipinski definition) is 3. The average molecular weight is 640 g/mol. The summed E-state index contributed by atoms with van der Waals surface area (Å²) >= 11 is 0. The number of nitrogens with one attached hydrogen (secondary N) is 1. The number of aromatic carboxylic acids is 1. The van der Waals surface area contributed by atoms with E-state index in [2.05, 4.69) is 34.5 Å². The first-order valence-corrected chi connectivity index (χ1v) is 16.8. The summed E-state index contributed by atoms with van der Waals surface area (Å²) in [5, 5.41) is 23.6. The Balaban J connectivity index is 1.12. The van der Waals surface area contributed by atoms with E-state index in [0.717, 1.165) is 48.1 Å². The fourth-order valence-electron chi connectivity index (χ4n) is 7.65. The normalized spacial score (nSPS) is 21.0. The largest absolute Gasteiger partial charge is 0.496 e. The smallest absolute Gasteiger partial charge is 0.335 e. The van der Waals surface area contributed by atoms with Gasteiger partial charge in [-0.2, -0.15) is 0 Å². The zero-order valence-electron chi connectivity index (χ0n) is 27.1. The van der Waals surface area contributed by atoms with Gasteiger partial charge in [-0.15, -0.1) is 0 Å². The maximum Gasteiger partial charge on any atom is 0.335 e. The predicted molar refractivity (Wildman–Crippen MR) is 178 cm³/mol. The number of carboxylic acid groups (broad SMARTS) is 1. The first-order valence-electron chi connectivity index (χ1n) is 16.8. The van der Waals surface area contributed by atoms with Crippen LogP contribution in [0.15, 0.2) is 72.8 Å². The number of methoxy groups -OCH3 is 1. The van der Waals surface area contributed by atoms with Crippen molar-refractivity contribution < 1.29 is 29.3 Å². The van der Waals surface area contributed by atoms with Gasteiger partial charge in [0.15, 0.2) is 0 Å². The second-order valence-corrected chi connectivity index (χ2v) is 13.6. The van der Waals surface area contributed by atoms with Gasteiger partial charge in [0, 0.05) is 39.0 Å². The molecule has 2 aliphatic heterocycles. The van der Waals surface area contributed by atoms with Crippen molar-refractivity contribution in [1.29, 1.82) is 0 Å². The molecule has 9 nitrogen and oxygen atoms in total. The molecule has 47 heavy (non-hydrogen) atoms. The fourth-order valence-corrected chi connectivity index (χ4v) is 7.65. The summed E-state index contributed by atoms with van der Waals surface area (Å²) in [7, 11) is 1.55. The van der Waals surface area contributed by atoms with Crippen LogP contribution >= 0.6 is 0 Å². The van der Waals surface area contributed by atoms with Crippen molar-refractivity contribution in [2.75, 3.05) is 20.2 Å². The summed E-state index contributed by atoms with van der Waals surface area (Å²) in [5.41, 5.74) is 2.52. The molecule has 1 aliphatic carbocycles. The zero-order valence-corrected chi connectivity index (χ0v) is 27.1. The number of likely N-dealkylation sites (tertiary alicyclic amines) is 1. The van der Waals surface area contributed by atoms with Gasteiger partial charge >= 0.3 is 5.97 Å². The number of ether oxygens (including phenoxy) is 1. The summed E-state index contributed by atoms with van der Waals surface area (Å²) in [6.07, 6.45) is 6.28. The monoisotopic (exact) mass is 639 g/mol. The van der Waals surface area contributed by atoms with Gasteiger partial charge in [0.1, 0.15) is 17.3 Å². The fraction of sp³-hybridized carbons (Fsp3) is 0.447. The number of benzene rings is 3. The Bertz CT molecular complexity index is 1580. The Hall–Kier alpha value is -4.21. The molecule has 2 saturated heterocycles. The molecule has 0 bridgehead atoms. The van der Waals surface area contributed by atoms with Crippen molar-refractivity contribution in [2.24, 2.45) is 0 Å². The summed E-state index contributed by atoms with van der Waals surface area (Å²) in [5.74, 6) is -0.626. The third-order valence-electron chi connectivity index (χ3n) is 10.4. The number of carbonyl (C=O) groups is 3. The highest BCUT2D eigenvalue weighted by Crippen LogP contribution is 2.38. The number of carboxylic acids is 1. The Morgan fingerprint density at radius 1 is 0.872 bits per heavy atom. The van der Waals surface area contributed by atoms with Crippen LogP contribution in [0.5, 0.6) is 5.75 Å². The third-order valence-corrected chi connectivity index (χ3v) is 10.4. The van der Waals surface area contributed by atoms with E-state index in [1.165, 1.54) is 0 Å². The average Bonchev–Trinajstić information content (AvgIpc) is 3.08. The number of nitrogens with zero attached hydrogens (tertiary/aromatic N) is 2. The minimum atomic E-state index is -0.985. The molecule has 1 saturated carbocycles. The predicted octanol–water partition coefficient (Wildman–Crippen LogP) is 4.93. The minimum Gasteiger partial charge on any atom is -0.496 e. The molecule has 9 heteroatoms. The van der Waals surface area contributed by atoms with E-state index in [0.29, 0.717) is 57.5 Å². The van der Waals surface area contributed by atoms with E-state index in [1.807, 2.05) is 35.2 Å². The van der Waals surface area contributed by atoms with Gasteiger partial charge in [0.05, 0.1) is 18.3 Å². The molecule has 6 rings (SSSR count). The van der Waals surface area contributed by atoms with Crippen LogP contribution in [0.3, 0.4) is 0 Å². The maximum atomic E-state index is 14.1. The number of aliphatic hydroxyl groups is 1. The van der Waals surface area contributed by atoms with Gasteiger partial charge in [-0.25, -0.2) is 4.79 Å². The molecule has 3 fully saturated rings. The SMILES string of the molecule is COc1cc(C(=O)O)ccc1Cc1ccc(CN2CCC3(CC2)C(=O)N[C@H](CC2(O)CCCCC2)C(=O)N3Cc2ccccc2)cc1. The molecule has 3 N–H and O–H groups in total. The Morgan fingerprint density at radius 2 is 1.53 bits per heavy atom. The first-order chi connectivity index (χ1) is 22.7. The van der Waals surface area contributed by atoms with Crippen LogP contribution < -0.4 is 10.1 Å². The summed E-state index contributed by atoms with van der Waals surface area (Å²) in [6, 6.07) is 22.5. The van der Waals surface area contributed by atoms with Crippen molar-refractivity contribution >= 4 is 17.8 Å². The second kappa shape index (κ2) is 13.9. The van der Waals surface area contributed by atoms with Crippen LogP contribution in [0.1, 0.15) is 84.0 Å². The molecule has 3 aromatic rings. The van der Waals surface area contributed by atoms with Crippen LogP contribution in [0.4, 0.5) is 0 Å². The maximum absolute atomic E-state index is 14.1. The van der Waals surface area contributed by atoms with E-state index >= 15 is 0 Å². The van der Waals surface area contributed by atoms with Crippen molar-refractivity contribution in [1.82, 2.24) is 15.1 Å². The molecule has 248 valence electrons. The van der Waals surface area contributed by atoms with Gasteiger partial charge in [0.25, 0.3) is 0 Å². The third kappa shape index (κ3) is 7.21. The highest BCUT2D eigenvalue weighted by atomic mass is 16.5. The topological polar surface area (TPSA) is 119 Å². The summed E-state index contributed by atoms with van der Waals surface area (Å²) in [4.78, 5) is 43.6. The van der Waals surface area contributed by atoms with Crippen molar-refractivity contribution in [3.05, 3.63) is 101 Å². The van der Waals surface area contributed by atoms with E-state index in [-0.39, 0.29) is 23.8 Å². The molecule has 0 unspecified atom stereocenters. The van der Waals surface area contributed by atoms with Crippen LogP contribution in [-0.4, -0.2) is 75.2 Å². The number of amides is 2. The molecule has 1 atom stereocenters. The van der Waals surface area contributed by atoms with Gasteiger partial charge in [-0.3, -0.25) is 14.5 Å². The standard InChI is InChI=1S/C38H45N3O6/c1-47-33-23-31(35(43)44)15-14-30(33)22-27-10-12-29(13-11-27)25-40-20-18-38(19-21-40)36(45)39-32(24-37(46)16-6-3-7-17-37)34(42)41(38)26-28-8-4-2-5-9-28/h2,4-5,8-15,23,32,46H,3,6-7,16-22,24-26H2,1H3,(H,39,45)(H,43,44)/t32-/m1/s1. The molecule has 0 aromatic heterocycles. The van der Waals surface area contributed by atoms with Gasteiger partial charge in [0.2, 0.25) is 11.8 Å². The quantitative estimate of drug-likeness (QED) is 0.288. The van der Waals surface area contributed by atoms with Crippen molar-refractivity contribution in [3.63, 3.8) is 0 Å². The lowest BCUT2D eigenvalue weighted by Gasteiger charge is -2.52. The Kier molecular flexibility index (Phi) is 9.66. The molecule has 3 aliphatic rings. The Morgan fingerprint density at radius 3 is 2.19 bits per heavy atom. The number of rotatable bonds is 10. The van der Waals surface area contributed by atoms with Crippen LogP contribution in [-0.2, 0) is 29.1 Å². The van der Waals surface area contributed by atoms with Crippen molar-refractivity contribution in [3.8, 4) is 5.75 Å². The summed E-state index contributed by atoms with van der Waals surface area (Å²) < 4.78 is 5.45. The second-order valence-electron chi connectivity index (χ2n) is 13.6. The number of hydrogen-bond acceptors (Lipinski definition) is 6. The minimum absolute atomic E-state index is 0.0919. The molecule has 1 spiro atoms. The van der Waals surface area contributed by atoms with Crippen LogP contribution in [0.2, 0.25) is 0 Å². The van der Waals surface area contributed by atoms with Crippen LogP contribution in [0, 0.1) is 0 Å². The van der Waals surface area contributed by atoms with Gasteiger partial charge in [-0.1, -0.05) is 79.9 Å². The molecule has 0 radical (unpaired) electrons. The van der Waals surface area contributed by atoms with E-state index in [1.54, 1.807) is 25.3 Å². The number of piperidine rings is 1. The lowest BCUT2D eigenvalue weighted by atomic mass is 9.77. The zero-order chi connectivity index (χ0) is 33.0. The molecule has 3 aromatic carbocycles. The molecular formula is C38H45N3O6. The molecule has 2 heterocycles. The summed E-state index contributed by atoms with van der Waals surface area (Å²) in [6.45, 7) is 2.45. The molecule has 2 amide bonds. The van der Waals surface area contributed by atoms with E-state index in [4.69, 9.17) is 4.74 Å². The van der Waals surface area contributed by atoms with Crippen molar-refractivity contribution in [2.45, 2.75) is 88.1 Å². The van der Waals surface area contributed by atoms with Gasteiger partial charge in [-0.05, 0) is 60.1 Å².